The van der Waals surface area contributed by atoms with E-state index in [9.17, 15) is 14.9 Å². The number of non-ortho nitro benzene ring substituents is 1. The average Bonchev–Trinajstić information content (AvgIpc) is 2.42. The molecule has 20 heavy (non-hydrogen) atoms. The molecule has 0 unspecified atom stereocenters. The molecular formula is C12H9BrN4O3. The quantitative estimate of drug-likeness (QED) is 0.682. The van der Waals surface area contributed by atoms with Gasteiger partial charge < -0.3 is 5.32 Å². The lowest BCUT2D eigenvalue weighted by Crippen LogP contribution is -2.15. The van der Waals surface area contributed by atoms with Gasteiger partial charge in [0.1, 0.15) is 4.60 Å². The SMILES string of the molecule is O=C(Cc1ccc([N+](=O)[O-])cc1)Nc1cnc(Br)cn1. The highest BCUT2D eigenvalue weighted by Crippen LogP contribution is 2.13. The topological polar surface area (TPSA) is 98.0 Å². The third-order valence-corrected chi connectivity index (χ3v) is 2.81. The Hall–Kier alpha value is -2.35. The smallest absolute Gasteiger partial charge is 0.269 e. The zero-order chi connectivity index (χ0) is 14.5. The Kier molecular flexibility index (Phi) is 4.36. The van der Waals surface area contributed by atoms with Crippen LogP contribution < -0.4 is 5.32 Å². The normalized spacial score (nSPS) is 10.1. The number of anilines is 1. The van der Waals surface area contributed by atoms with Crippen molar-refractivity contribution in [3.05, 3.63) is 56.9 Å². The largest absolute Gasteiger partial charge is 0.309 e. The number of hydrogen-bond donors (Lipinski definition) is 1. The van der Waals surface area contributed by atoms with Crippen LogP contribution in [0.25, 0.3) is 0 Å². The van der Waals surface area contributed by atoms with Gasteiger partial charge in [-0.2, -0.15) is 0 Å². The molecule has 8 heteroatoms. The maximum Gasteiger partial charge on any atom is 0.269 e. The molecule has 102 valence electrons. The van der Waals surface area contributed by atoms with Crippen molar-refractivity contribution >= 4 is 33.3 Å². The van der Waals surface area contributed by atoms with Crippen LogP contribution in [0.3, 0.4) is 0 Å². The highest BCUT2D eigenvalue weighted by molar-refractivity contribution is 9.10. The predicted octanol–water partition coefficient (Wildman–Crippen LogP) is 2.33. The number of benzene rings is 1. The highest BCUT2D eigenvalue weighted by atomic mass is 79.9. The summed E-state index contributed by atoms with van der Waals surface area (Å²) in [6.45, 7) is 0. The van der Waals surface area contributed by atoms with Gasteiger partial charge in [-0.3, -0.25) is 14.9 Å². The van der Waals surface area contributed by atoms with Gasteiger partial charge in [-0.1, -0.05) is 12.1 Å². The number of amides is 1. The van der Waals surface area contributed by atoms with Crippen LogP contribution in [0, 0.1) is 10.1 Å². The molecule has 0 aliphatic rings. The lowest BCUT2D eigenvalue weighted by molar-refractivity contribution is -0.384. The van der Waals surface area contributed by atoms with Crippen LogP contribution in [0.2, 0.25) is 0 Å². The molecule has 0 aliphatic heterocycles. The molecular weight excluding hydrogens is 328 g/mol. The van der Waals surface area contributed by atoms with Crippen LogP contribution in [-0.4, -0.2) is 20.8 Å². The first-order valence-corrected chi connectivity index (χ1v) is 6.34. The van der Waals surface area contributed by atoms with Crippen molar-refractivity contribution < 1.29 is 9.72 Å². The molecule has 0 radical (unpaired) electrons. The maximum absolute atomic E-state index is 11.8. The second-order valence-corrected chi connectivity index (χ2v) is 4.69. The average molecular weight is 337 g/mol. The third-order valence-electron chi connectivity index (χ3n) is 2.40. The molecule has 1 heterocycles. The van der Waals surface area contributed by atoms with Crippen LogP contribution in [0.1, 0.15) is 5.56 Å². The summed E-state index contributed by atoms with van der Waals surface area (Å²) >= 11 is 3.14. The van der Waals surface area contributed by atoms with Crippen LogP contribution in [0.15, 0.2) is 41.3 Å². The molecule has 0 saturated heterocycles. The maximum atomic E-state index is 11.8. The zero-order valence-electron chi connectivity index (χ0n) is 10.1. The monoisotopic (exact) mass is 336 g/mol. The molecule has 0 saturated carbocycles. The van der Waals surface area contributed by atoms with Crippen molar-refractivity contribution in [2.75, 3.05) is 5.32 Å². The first kappa shape index (κ1) is 14.1. The molecule has 1 aromatic heterocycles. The van der Waals surface area contributed by atoms with E-state index in [0.717, 1.165) is 0 Å². The Balaban J connectivity index is 1.97. The number of nitro benzene ring substituents is 1. The van der Waals surface area contributed by atoms with E-state index < -0.39 is 4.92 Å². The van der Waals surface area contributed by atoms with Gasteiger partial charge in [-0.25, -0.2) is 9.97 Å². The van der Waals surface area contributed by atoms with Crippen LogP contribution in [0.5, 0.6) is 0 Å². The molecule has 2 rings (SSSR count). The summed E-state index contributed by atoms with van der Waals surface area (Å²) in [6.07, 6.45) is 3.01. The molecule has 0 aliphatic carbocycles. The van der Waals surface area contributed by atoms with Gasteiger partial charge in [-0.05, 0) is 21.5 Å². The molecule has 0 spiro atoms. The summed E-state index contributed by atoms with van der Waals surface area (Å²) < 4.78 is 0.575. The second-order valence-electron chi connectivity index (χ2n) is 3.87. The molecule has 1 N–H and O–H groups in total. The second kappa shape index (κ2) is 6.20. The fourth-order valence-electron chi connectivity index (χ4n) is 1.48. The highest BCUT2D eigenvalue weighted by Gasteiger charge is 2.08. The molecule has 7 nitrogen and oxygen atoms in total. The van der Waals surface area contributed by atoms with Gasteiger partial charge in [0, 0.05) is 12.1 Å². The summed E-state index contributed by atoms with van der Waals surface area (Å²) in [5.41, 5.74) is 0.672. The summed E-state index contributed by atoms with van der Waals surface area (Å²) in [5, 5.41) is 13.1. The fourth-order valence-corrected chi connectivity index (χ4v) is 1.69. The Labute approximate surface area is 122 Å². The Morgan fingerprint density at radius 3 is 2.50 bits per heavy atom. The van der Waals surface area contributed by atoms with Crippen molar-refractivity contribution in [1.82, 2.24) is 9.97 Å². The molecule has 1 aromatic carbocycles. The first-order valence-electron chi connectivity index (χ1n) is 5.55. The Bertz CT molecular complexity index is 628. The third kappa shape index (κ3) is 3.82. The van der Waals surface area contributed by atoms with Gasteiger partial charge in [0.2, 0.25) is 5.91 Å². The number of rotatable bonds is 4. The van der Waals surface area contributed by atoms with E-state index >= 15 is 0 Å². The number of carbonyl (C=O) groups is 1. The number of nitrogens with one attached hydrogen (secondary N) is 1. The van der Waals surface area contributed by atoms with E-state index in [1.807, 2.05) is 0 Å². The van der Waals surface area contributed by atoms with Crippen molar-refractivity contribution in [1.29, 1.82) is 0 Å². The van der Waals surface area contributed by atoms with Crippen molar-refractivity contribution in [3.8, 4) is 0 Å². The minimum atomic E-state index is -0.485. The molecule has 0 atom stereocenters. The van der Waals surface area contributed by atoms with Crippen LogP contribution in [-0.2, 0) is 11.2 Å². The van der Waals surface area contributed by atoms with Gasteiger partial charge in [0.25, 0.3) is 5.69 Å². The summed E-state index contributed by atoms with van der Waals surface area (Å²) in [4.78, 5) is 29.7. The van der Waals surface area contributed by atoms with Crippen molar-refractivity contribution in [3.63, 3.8) is 0 Å². The standard InChI is InChI=1S/C12H9BrN4O3/c13-10-6-15-11(7-14-10)16-12(18)5-8-1-3-9(4-2-8)17(19)20/h1-4,6-7H,5H2,(H,15,16,18). The minimum absolute atomic E-state index is 0.00654. The molecule has 0 bridgehead atoms. The van der Waals surface area contributed by atoms with E-state index in [1.54, 1.807) is 12.1 Å². The van der Waals surface area contributed by atoms with E-state index in [0.29, 0.717) is 16.0 Å². The number of nitrogens with zero attached hydrogens (tertiary/aromatic N) is 3. The minimum Gasteiger partial charge on any atom is -0.309 e. The fraction of sp³-hybridized carbons (Fsp3) is 0.0833. The van der Waals surface area contributed by atoms with Gasteiger partial charge in [0.05, 0.1) is 23.7 Å². The summed E-state index contributed by atoms with van der Waals surface area (Å²) in [6, 6.07) is 5.82. The van der Waals surface area contributed by atoms with Crippen LogP contribution in [0.4, 0.5) is 11.5 Å². The number of aromatic nitrogens is 2. The Morgan fingerprint density at radius 1 is 1.25 bits per heavy atom. The van der Waals surface area contributed by atoms with Crippen LogP contribution >= 0.6 is 15.9 Å². The van der Waals surface area contributed by atoms with Gasteiger partial charge in [-0.15, -0.1) is 0 Å². The van der Waals surface area contributed by atoms with Crippen molar-refractivity contribution in [2.45, 2.75) is 6.42 Å². The Morgan fingerprint density at radius 2 is 1.95 bits per heavy atom. The molecule has 2 aromatic rings. The summed E-state index contributed by atoms with van der Waals surface area (Å²) in [7, 11) is 0. The number of hydrogen-bond acceptors (Lipinski definition) is 5. The number of nitro groups is 1. The lowest BCUT2D eigenvalue weighted by atomic mass is 10.1. The number of halogens is 1. The van der Waals surface area contributed by atoms with E-state index in [-0.39, 0.29) is 18.0 Å². The molecule has 1 amide bonds. The zero-order valence-corrected chi connectivity index (χ0v) is 11.7. The predicted molar refractivity (Wildman–Crippen MR) is 75.2 cm³/mol. The van der Waals surface area contributed by atoms with Gasteiger partial charge in [0.15, 0.2) is 5.82 Å². The van der Waals surface area contributed by atoms with E-state index in [1.165, 1.54) is 24.5 Å². The van der Waals surface area contributed by atoms with Gasteiger partial charge >= 0.3 is 0 Å². The first-order chi connectivity index (χ1) is 9.54. The lowest BCUT2D eigenvalue weighted by Gasteiger charge is -2.04. The summed E-state index contributed by atoms with van der Waals surface area (Å²) in [5.74, 6) is 0.0792. The number of carbonyl (C=O) groups excluding carboxylic acids is 1. The molecule has 0 fully saturated rings. The van der Waals surface area contributed by atoms with E-state index in [2.05, 4.69) is 31.2 Å². The van der Waals surface area contributed by atoms with E-state index in [4.69, 9.17) is 0 Å². The van der Waals surface area contributed by atoms with Crippen molar-refractivity contribution in [2.24, 2.45) is 0 Å².